The van der Waals surface area contributed by atoms with Gasteiger partial charge in [-0.3, -0.25) is 10.1 Å². The van der Waals surface area contributed by atoms with E-state index in [1.54, 1.807) is 6.07 Å². The number of benzene rings is 1. The van der Waals surface area contributed by atoms with Gasteiger partial charge in [0.25, 0.3) is 5.69 Å². The van der Waals surface area contributed by atoms with Gasteiger partial charge in [-0.2, -0.15) is 0 Å². The van der Waals surface area contributed by atoms with E-state index in [2.05, 4.69) is 4.90 Å². The largest absolute Gasteiger partial charge is 0.496 e. The van der Waals surface area contributed by atoms with Gasteiger partial charge < -0.3 is 14.7 Å². The third-order valence-electron chi connectivity index (χ3n) is 4.33. The number of piperidine rings is 1. The molecule has 2 heterocycles. The van der Waals surface area contributed by atoms with Crippen LogP contribution in [0, 0.1) is 10.1 Å². The fourth-order valence-electron chi connectivity index (χ4n) is 3.51. The van der Waals surface area contributed by atoms with Crippen LogP contribution in [0.2, 0.25) is 0 Å². The maximum Gasteiger partial charge on any atom is 0.275 e. The second-order valence-electron chi connectivity index (χ2n) is 5.56. The molecule has 2 aliphatic heterocycles. The number of nitro benzene ring substituents is 1. The standard InChI is InChI=1S/C14H18N2O4/c1-20-14-7-11(4-12(8-14)16(18)19)15-9-2-3-10(15)6-13(17)5-9/h4,7-10,13,17H,2-3,5-6H2,1H3. The number of aliphatic hydroxyl groups is 1. The summed E-state index contributed by atoms with van der Waals surface area (Å²) in [5.41, 5.74) is 0.875. The van der Waals surface area contributed by atoms with Crippen molar-refractivity contribution in [2.45, 2.75) is 43.9 Å². The number of ether oxygens (including phenoxy) is 1. The Morgan fingerprint density at radius 1 is 1.30 bits per heavy atom. The molecule has 108 valence electrons. The van der Waals surface area contributed by atoms with Gasteiger partial charge in [-0.05, 0) is 25.7 Å². The Bertz CT molecular complexity index is 520. The summed E-state index contributed by atoms with van der Waals surface area (Å²) in [4.78, 5) is 12.9. The van der Waals surface area contributed by atoms with Crippen LogP contribution < -0.4 is 9.64 Å². The molecule has 20 heavy (non-hydrogen) atoms. The summed E-state index contributed by atoms with van der Waals surface area (Å²) in [6, 6.07) is 5.43. The first kappa shape index (κ1) is 13.2. The van der Waals surface area contributed by atoms with Gasteiger partial charge in [-0.1, -0.05) is 0 Å². The van der Waals surface area contributed by atoms with E-state index in [4.69, 9.17) is 4.74 Å². The number of nitrogens with zero attached hydrogens (tertiary/aromatic N) is 2. The van der Waals surface area contributed by atoms with E-state index >= 15 is 0 Å². The predicted molar refractivity (Wildman–Crippen MR) is 74.2 cm³/mol. The average molecular weight is 278 g/mol. The van der Waals surface area contributed by atoms with Gasteiger partial charge in [0, 0.05) is 29.9 Å². The molecule has 2 saturated heterocycles. The summed E-state index contributed by atoms with van der Waals surface area (Å²) in [5, 5.41) is 20.9. The minimum Gasteiger partial charge on any atom is -0.496 e. The number of non-ortho nitro benzene ring substituents is 1. The molecule has 1 N–H and O–H groups in total. The lowest BCUT2D eigenvalue weighted by Gasteiger charge is -2.39. The molecule has 6 nitrogen and oxygen atoms in total. The third kappa shape index (κ3) is 2.20. The first-order valence-corrected chi connectivity index (χ1v) is 6.88. The number of rotatable bonds is 3. The lowest BCUT2D eigenvalue weighted by molar-refractivity contribution is -0.384. The Morgan fingerprint density at radius 2 is 1.95 bits per heavy atom. The van der Waals surface area contributed by atoms with Crippen molar-refractivity contribution in [3.05, 3.63) is 28.3 Å². The van der Waals surface area contributed by atoms with Crippen molar-refractivity contribution < 1.29 is 14.8 Å². The van der Waals surface area contributed by atoms with Gasteiger partial charge in [0.1, 0.15) is 5.75 Å². The van der Waals surface area contributed by atoms with Crippen LogP contribution in [0.3, 0.4) is 0 Å². The number of hydrogen-bond acceptors (Lipinski definition) is 5. The zero-order valence-corrected chi connectivity index (χ0v) is 11.4. The van der Waals surface area contributed by atoms with Gasteiger partial charge >= 0.3 is 0 Å². The number of anilines is 1. The van der Waals surface area contributed by atoms with Crippen molar-refractivity contribution in [1.29, 1.82) is 0 Å². The topological polar surface area (TPSA) is 75.8 Å². The van der Waals surface area contributed by atoms with Crippen molar-refractivity contribution in [3.63, 3.8) is 0 Å². The Labute approximate surface area is 117 Å². The summed E-state index contributed by atoms with van der Waals surface area (Å²) in [6.07, 6.45) is 3.30. The number of fused-ring (bicyclic) bond motifs is 2. The van der Waals surface area contributed by atoms with Gasteiger partial charge in [-0.15, -0.1) is 0 Å². The highest BCUT2D eigenvalue weighted by Crippen LogP contribution is 2.41. The first-order valence-electron chi connectivity index (χ1n) is 6.88. The molecule has 2 fully saturated rings. The van der Waals surface area contributed by atoms with Crippen LogP contribution in [0.4, 0.5) is 11.4 Å². The van der Waals surface area contributed by atoms with Crippen LogP contribution in [-0.2, 0) is 0 Å². The minimum atomic E-state index is -0.396. The maximum atomic E-state index is 11.0. The fraction of sp³-hybridized carbons (Fsp3) is 0.571. The van der Waals surface area contributed by atoms with Crippen molar-refractivity contribution in [2.75, 3.05) is 12.0 Å². The number of hydrogen-bond donors (Lipinski definition) is 1. The zero-order chi connectivity index (χ0) is 14.3. The van der Waals surface area contributed by atoms with E-state index in [1.165, 1.54) is 13.2 Å². The van der Waals surface area contributed by atoms with Gasteiger partial charge in [0.2, 0.25) is 0 Å². The molecule has 0 aromatic heterocycles. The highest BCUT2D eigenvalue weighted by Gasteiger charge is 2.40. The van der Waals surface area contributed by atoms with Gasteiger partial charge in [0.15, 0.2) is 0 Å². The van der Waals surface area contributed by atoms with E-state index in [-0.39, 0.29) is 23.9 Å². The molecular formula is C14H18N2O4. The Morgan fingerprint density at radius 3 is 2.50 bits per heavy atom. The van der Waals surface area contributed by atoms with Crippen LogP contribution >= 0.6 is 0 Å². The molecule has 1 aromatic carbocycles. The quantitative estimate of drug-likeness (QED) is 0.677. The Balaban J connectivity index is 1.98. The van der Waals surface area contributed by atoms with E-state index in [0.717, 1.165) is 31.4 Å². The minimum absolute atomic E-state index is 0.0462. The van der Waals surface area contributed by atoms with Crippen LogP contribution in [0.5, 0.6) is 5.75 Å². The van der Waals surface area contributed by atoms with Crippen molar-refractivity contribution in [2.24, 2.45) is 0 Å². The second kappa shape index (κ2) is 4.94. The lowest BCUT2D eigenvalue weighted by atomic mass is 9.99. The van der Waals surface area contributed by atoms with E-state index in [0.29, 0.717) is 5.75 Å². The molecule has 2 unspecified atom stereocenters. The molecular weight excluding hydrogens is 260 g/mol. The SMILES string of the molecule is COc1cc(N2C3CCC2CC(O)C3)cc([N+](=O)[O-])c1. The highest BCUT2D eigenvalue weighted by atomic mass is 16.6. The summed E-state index contributed by atoms with van der Waals surface area (Å²) in [7, 11) is 1.51. The molecule has 0 amide bonds. The van der Waals surface area contributed by atoms with Crippen LogP contribution in [0.1, 0.15) is 25.7 Å². The van der Waals surface area contributed by atoms with E-state index < -0.39 is 4.92 Å². The Hall–Kier alpha value is -1.82. The summed E-state index contributed by atoms with van der Waals surface area (Å²) >= 11 is 0. The average Bonchev–Trinajstić information content (AvgIpc) is 2.70. The van der Waals surface area contributed by atoms with Crippen molar-refractivity contribution >= 4 is 11.4 Å². The van der Waals surface area contributed by atoms with Crippen LogP contribution in [0.25, 0.3) is 0 Å². The molecule has 0 radical (unpaired) electrons. The molecule has 3 rings (SSSR count). The van der Waals surface area contributed by atoms with E-state index in [9.17, 15) is 15.2 Å². The molecule has 0 aliphatic carbocycles. The lowest BCUT2D eigenvalue weighted by Crippen LogP contribution is -2.44. The molecule has 1 aromatic rings. The normalized spacial score (nSPS) is 28.5. The third-order valence-corrected chi connectivity index (χ3v) is 4.33. The van der Waals surface area contributed by atoms with Crippen molar-refractivity contribution in [3.8, 4) is 5.75 Å². The van der Waals surface area contributed by atoms with Gasteiger partial charge in [-0.25, -0.2) is 0 Å². The fourth-order valence-corrected chi connectivity index (χ4v) is 3.51. The predicted octanol–water partition coefficient (Wildman–Crippen LogP) is 2.10. The monoisotopic (exact) mass is 278 g/mol. The summed E-state index contributed by atoms with van der Waals surface area (Å²) < 4.78 is 5.17. The van der Waals surface area contributed by atoms with E-state index in [1.807, 2.05) is 6.07 Å². The number of nitro groups is 1. The second-order valence-corrected chi connectivity index (χ2v) is 5.56. The van der Waals surface area contributed by atoms with Crippen LogP contribution in [0.15, 0.2) is 18.2 Å². The molecule has 0 spiro atoms. The molecule has 2 atom stereocenters. The highest BCUT2D eigenvalue weighted by molar-refractivity contribution is 5.60. The van der Waals surface area contributed by atoms with Crippen molar-refractivity contribution in [1.82, 2.24) is 0 Å². The summed E-state index contributed by atoms with van der Waals surface area (Å²) in [6.45, 7) is 0. The number of methoxy groups -OCH3 is 1. The molecule has 0 saturated carbocycles. The molecule has 6 heteroatoms. The first-order chi connectivity index (χ1) is 9.58. The molecule has 2 aliphatic rings. The van der Waals surface area contributed by atoms with Crippen LogP contribution in [-0.4, -0.2) is 35.3 Å². The molecule has 2 bridgehead atoms. The zero-order valence-electron chi connectivity index (χ0n) is 11.4. The Kier molecular flexibility index (Phi) is 3.25. The van der Waals surface area contributed by atoms with Gasteiger partial charge in [0.05, 0.1) is 24.2 Å². The maximum absolute atomic E-state index is 11.0. The smallest absolute Gasteiger partial charge is 0.275 e. The summed E-state index contributed by atoms with van der Waals surface area (Å²) in [5.74, 6) is 0.500. The number of aliphatic hydroxyl groups excluding tert-OH is 1.